The van der Waals surface area contributed by atoms with Gasteiger partial charge in [0.1, 0.15) is 24.2 Å². The van der Waals surface area contributed by atoms with Gasteiger partial charge in [0.25, 0.3) is 31.1 Å². The van der Waals surface area contributed by atoms with Crippen LogP contribution in [0.25, 0.3) is 0 Å². The standard InChI is InChI=1S/2C28H30BrN5O4S/c2*1-18-10-16-21(17-11-18)39(37,38)33-24(19-12-14-20(29)15-13-19)28(5,34(35)36)25-22-8-6-7-9-23(22)30-26(32(25)33)31-27(2,3)4/h2*6-17,24-25H,1-5H3,(H,30,31)/t2*24-,25+,28-/m11/s1. The first kappa shape index (κ1) is 56.2. The highest BCUT2D eigenvalue weighted by Crippen LogP contribution is 2.59. The fraction of sp³-hybridized carbons (Fsp3) is 0.321. The molecular formula is C56H60Br2N10O8S2. The molecule has 78 heavy (non-hydrogen) atoms. The summed E-state index contributed by atoms with van der Waals surface area (Å²) in [7, 11) is -8.61. The molecule has 6 atom stereocenters. The largest absolute Gasteiger partial charge is 0.325 e. The van der Waals surface area contributed by atoms with Gasteiger partial charge in [-0.15, -0.1) is 0 Å². The molecule has 0 saturated carbocycles. The van der Waals surface area contributed by atoms with Gasteiger partial charge in [0.05, 0.1) is 20.9 Å². The highest BCUT2D eigenvalue weighted by atomic mass is 79.9. The molecule has 0 unspecified atom stereocenters. The van der Waals surface area contributed by atoms with Gasteiger partial charge in [-0.2, -0.15) is 0 Å². The van der Waals surface area contributed by atoms with Gasteiger partial charge in [-0.1, -0.05) is 137 Å². The lowest BCUT2D eigenvalue weighted by atomic mass is 9.79. The van der Waals surface area contributed by atoms with E-state index in [1.54, 1.807) is 97.1 Å². The first-order valence-electron chi connectivity index (χ1n) is 25.0. The maximum Gasteiger partial charge on any atom is 0.267 e. The molecule has 2 fully saturated rings. The summed E-state index contributed by atoms with van der Waals surface area (Å²) >= 11 is 6.86. The van der Waals surface area contributed by atoms with Crippen LogP contribution in [0.2, 0.25) is 0 Å². The molecule has 6 aromatic carbocycles. The summed E-state index contributed by atoms with van der Waals surface area (Å²) in [5, 5.41) is 35.9. The van der Waals surface area contributed by atoms with Gasteiger partial charge in [-0.05, 0) is 127 Å². The minimum Gasteiger partial charge on any atom is -0.325 e. The van der Waals surface area contributed by atoms with E-state index >= 15 is 0 Å². The number of guanidine groups is 2. The third kappa shape index (κ3) is 9.88. The number of hydrogen-bond donors (Lipinski definition) is 2. The van der Waals surface area contributed by atoms with Crippen LogP contribution in [-0.4, -0.2) is 79.6 Å². The lowest BCUT2D eigenvalue weighted by Gasteiger charge is -2.40. The average Bonchev–Trinajstić information content (AvgIpc) is 3.03. The normalized spacial score (nSPS) is 24.3. The Labute approximate surface area is 471 Å². The van der Waals surface area contributed by atoms with Crippen LogP contribution < -0.4 is 10.6 Å². The first-order valence-corrected chi connectivity index (χ1v) is 29.5. The van der Waals surface area contributed by atoms with E-state index in [-0.39, 0.29) is 31.6 Å². The number of anilines is 2. The molecule has 0 radical (unpaired) electrons. The Morgan fingerprint density at radius 2 is 0.808 bits per heavy atom. The molecule has 2 N–H and O–H groups in total. The Kier molecular flexibility index (Phi) is 14.6. The molecule has 0 bridgehead atoms. The van der Waals surface area contributed by atoms with Gasteiger partial charge >= 0.3 is 0 Å². The molecule has 4 aliphatic rings. The Morgan fingerprint density at radius 1 is 0.500 bits per heavy atom. The van der Waals surface area contributed by atoms with E-state index in [0.29, 0.717) is 33.6 Å². The summed E-state index contributed by atoms with van der Waals surface area (Å²) in [6, 6.07) is 37.2. The van der Waals surface area contributed by atoms with Crippen molar-refractivity contribution in [3.63, 3.8) is 0 Å². The lowest BCUT2D eigenvalue weighted by Crippen LogP contribution is -2.52. The zero-order chi connectivity index (χ0) is 56.7. The number of nitrogens with zero attached hydrogens (tertiary/aromatic N) is 8. The average molecular weight is 1230 g/mol. The number of nitrogens with one attached hydrogen (secondary N) is 2. The van der Waals surface area contributed by atoms with Gasteiger partial charge in [-0.3, -0.25) is 20.2 Å². The van der Waals surface area contributed by atoms with Crippen molar-refractivity contribution in [2.24, 2.45) is 9.98 Å². The molecule has 0 spiro atoms. The van der Waals surface area contributed by atoms with Gasteiger partial charge in [0, 0.05) is 55.1 Å². The number of nitro groups is 2. The molecular weight excluding hydrogens is 1160 g/mol. The number of halogens is 2. The van der Waals surface area contributed by atoms with Gasteiger partial charge in [-0.25, -0.2) is 36.8 Å². The van der Waals surface area contributed by atoms with Crippen LogP contribution in [0, 0.1) is 34.1 Å². The summed E-state index contributed by atoms with van der Waals surface area (Å²) in [5.74, 6) is 0.462. The summed E-state index contributed by atoms with van der Waals surface area (Å²) in [5.41, 5.74) is 0.529. The number of aliphatic imine (C=N–C) groups is 2. The van der Waals surface area contributed by atoms with Crippen LogP contribution in [0.5, 0.6) is 0 Å². The maximum atomic E-state index is 14.6. The molecule has 0 amide bonds. The smallest absolute Gasteiger partial charge is 0.267 e. The van der Waals surface area contributed by atoms with E-state index in [1.807, 2.05) is 79.7 Å². The Balaban J connectivity index is 0.000000190. The fourth-order valence-corrected chi connectivity index (χ4v) is 14.6. The topological polar surface area (TPSA) is 216 Å². The van der Waals surface area contributed by atoms with Crippen LogP contribution in [0.15, 0.2) is 174 Å². The van der Waals surface area contributed by atoms with Crippen molar-refractivity contribution >= 4 is 75.2 Å². The molecule has 18 nitrogen and oxygen atoms in total. The molecule has 6 aromatic rings. The van der Waals surface area contributed by atoms with Crippen LogP contribution in [-0.2, 0) is 20.0 Å². The molecule has 2 saturated heterocycles. The number of hydrogen-bond acceptors (Lipinski definition) is 10. The quantitative estimate of drug-likeness (QED) is 0.107. The second kappa shape index (κ2) is 20.3. The minimum atomic E-state index is -4.31. The Morgan fingerprint density at radius 3 is 1.10 bits per heavy atom. The van der Waals surface area contributed by atoms with Gasteiger partial charge in [0.15, 0.2) is 0 Å². The number of hydrazine groups is 2. The van der Waals surface area contributed by atoms with Crippen molar-refractivity contribution in [3.8, 4) is 0 Å². The first-order chi connectivity index (χ1) is 36.5. The maximum absolute atomic E-state index is 14.6. The van der Waals surface area contributed by atoms with E-state index in [2.05, 4.69) is 42.5 Å². The third-order valence-corrected chi connectivity index (χ3v) is 18.7. The van der Waals surface area contributed by atoms with E-state index in [1.165, 1.54) is 57.0 Å². The number of rotatable bonds is 8. The Hall–Kier alpha value is -6.56. The van der Waals surface area contributed by atoms with Crippen molar-refractivity contribution in [2.75, 3.05) is 10.6 Å². The summed E-state index contributed by atoms with van der Waals surface area (Å²) in [4.78, 5) is 35.4. The SMILES string of the molecule is Cc1ccc(S(=O)(=O)N2[C@H](c3ccc(Br)cc3)[C@@](C)([N+](=O)[O-])[C@@H]3c4ccccc4NC(=NC(C)(C)C)N32)cc1.Cc1ccc(S(=O)(=O)N2[C@H](c3ccc(Br)cc3)[C@@](C)([N+](=O)[O-])[C@@H]3c4ccccc4NC(=NC(C)(C)C)N32)cc1. The molecule has 408 valence electrons. The number of benzene rings is 6. The number of aryl methyl sites for hydroxylation is 2. The van der Waals surface area contributed by atoms with Crippen LogP contribution in [0.3, 0.4) is 0 Å². The predicted octanol–water partition coefficient (Wildman–Crippen LogP) is 12.2. The highest BCUT2D eigenvalue weighted by molar-refractivity contribution is 9.10. The van der Waals surface area contributed by atoms with Crippen LogP contribution in [0.1, 0.15) is 113 Å². The lowest BCUT2D eigenvalue weighted by molar-refractivity contribution is -0.573. The van der Waals surface area contributed by atoms with E-state index in [9.17, 15) is 37.1 Å². The zero-order valence-electron chi connectivity index (χ0n) is 44.6. The molecule has 0 aliphatic carbocycles. The summed E-state index contributed by atoms with van der Waals surface area (Å²) < 4.78 is 62.1. The molecule has 22 heteroatoms. The summed E-state index contributed by atoms with van der Waals surface area (Å²) in [6.07, 6.45) is 0. The molecule has 4 heterocycles. The van der Waals surface area contributed by atoms with E-state index < -0.39 is 66.4 Å². The van der Waals surface area contributed by atoms with Gasteiger partial charge in [0.2, 0.25) is 11.9 Å². The van der Waals surface area contributed by atoms with Crippen molar-refractivity contribution in [3.05, 3.63) is 208 Å². The highest BCUT2D eigenvalue weighted by Gasteiger charge is 2.72. The third-order valence-electron chi connectivity index (χ3n) is 14.2. The number of sulfonamides is 2. The second-order valence-electron chi connectivity index (χ2n) is 22.2. The van der Waals surface area contributed by atoms with E-state index in [0.717, 1.165) is 20.1 Å². The Bertz CT molecular complexity index is 3380. The zero-order valence-corrected chi connectivity index (χ0v) is 49.4. The number of fused-ring (bicyclic) bond motifs is 6. The van der Waals surface area contributed by atoms with E-state index in [4.69, 9.17) is 9.98 Å². The molecule has 0 aromatic heterocycles. The number of para-hydroxylation sites is 2. The fourth-order valence-electron chi connectivity index (χ4n) is 10.7. The van der Waals surface area contributed by atoms with Crippen molar-refractivity contribution in [1.82, 2.24) is 18.8 Å². The monoisotopic (exact) mass is 1220 g/mol. The van der Waals surface area contributed by atoms with Crippen molar-refractivity contribution < 1.29 is 26.7 Å². The van der Waals surface area contributed by atoms with Gasteiger partial charge < -0.3 is 10.6 Å². The van der Waals surface area contributed by atoms with Crippen molar-refractivity contribution in [1.29, 1.82) is 0 Å². The molecule has 10 rings (SSSR count). The predicted molar refractivity (Wildman–Crippen MR) is 309 cm³/mol. The van der Waals surface area contributed by atoms with Crippen LogP contribution >= 0.6 is 31.9 Å². The molecule has 4 aliphatic heterocycles. The summed E-state index contributed by atoms with van der Waals surface area (Å²) in [6.45, 7) is 18.2. The van der Waals surface area contributed by atoms with Crippen LogP contribution in [0.4, 0.5) is 11.4 Å². The minimum absolute atomic E-state index is 0.0375. The second-order valence-corrected chi connectivity index (χ2v) is 27.6. The van der Waals surface area contributed by atoms with Crippen molar-refractivity contribution in [2.45, 2.75) is 125 Å².